The van der Waals surface area contributed by atoms with Crippen LogP contribution in [0.1, 0.15) is 33.3 Å². The van der Waals surface area contributed by atoms with E-state index in [2.05, 4.69) is 9.47 Å². The predicted octanol–water partition coefficient (Wildman–Crippen LogP) is 2.60. The van der Waals surface area contributed by atoms with E-state index in [1.54, 1.807) is 6.07 Å². The summed E-state index contributed by atoms with van der Waals surface area (Å²) in [4.78, 5) is 11.4. The van der Waals surface area contributed by atoms with Gasteiger partial charge in [0.15, 0.2) is 0 Å². The topological polar surface area (TPSA) is 54.0 Å². The molecule has 0 saturated carbocycles. The molecule has 0 spiro atoms. The number of rotatable bonds is 4. The van der Waals surface area contributed by atoms with Crippen LogP contribution >= 0.6 is 0 Å². The van der Waals surface area contributed by atoms with E-state index in [-0.39, 0.29) is 12.0 Å². The van der Waals surface area contributed by atoms with Crippen molar-refractivity contribution in [2.24, 2.45) is 0 Å². The maximum Gasteiger partial charge on any atom is 0.573 e. The van der Waals surface area contributed by atoms with Crippen molar-refractivity contribution in [1.29, 1.82) is 0 Å². The summed E-state index contributed by atoms with van der Waals surface area (Å²) in [5.41, 5.74) is -0.836. The van der Waals surface area contributed by atoms with Crippen LogP contribution in [0, 0.1) is 0 Å². The van der Waals surface area contributed by atoms with Crippen molar-refractivity contribution in [3.8, 4) is 5.75 Å². The Kier molecular flexibility index (Phi) is 5.12. The Bertz CT molecular complexity index is 642. The van der Waals surface area contributed by atoms with Crippen molar-refractivity contribution in [3.05, 3.63) is 23.8 Å². The Morgan fingerprint density at radius 2 is 1.72 bits per heavy atom. The third-order valence-corrected chi connectivity index (χ3v) is 4.40. The number of esters is 1. The molecular weight excluding hydrogens is 340 g/mol. The molecule has 2 rings (SSSR count). The number of alkyl halides is 3. The van der Waals surface area contributed by atoms with Crippen LogP contribution in [0.2, 0.25) is 0 Å². The molecule has 1 saturated heterocycles. The normalized spacial score (nSPS) is 19.0. The van der Waals surface area contributed by atoms with Gasteiger partial charge in [0.1, 0.15) is 5.75 Å². The second-order valence-corrected chi connectivity index (χ2v) is 6.76. The van der Waals surface area contributed by atoms with E-state index in [9.17, 15) is 18.0 Å². The maximum atomic E-state index is 12.7. The number of ether oxygens (including phenoxy) is 2. The molecule has 0 amide bonds. The zero-order valence-electron chi connectivity index (χ0n) is 14.7. The SMILES string of the molecule is COC(=O)Cc1ccc(B2OC(C)(C)C(C)(C)O2)cc1OC(F)(F)F. The van der Waals surface area contributed by atoms with Gasteiger partial charge in [0, 0.05) is 5.56 Å². The third kappa shape index (κ3) is 4.46. The van der Waals surface area contributed by atoms with E-state index >= 15 is 0 Å². The Morgan fingerprint density at radius 1 is 1.16 bits per heavy atom. The van der Waals surface area contributed by atoms with Crippen LogP contribution in [0.4, 0.5) is 13.2 Å². The summed E-state index contributed by atoms with van der Waals surface area (Å²) in [6.45, 7) is 7.36. The maximum absolute atomic E-state index is 12.7. The van der Waals surface area contributed by atoms with E-state index in [0.29, 0.717) is 5.46 Å². The number of benzene rings is 1. The highest BCUT2D eigenvalue weighted by atomic mass is 19.4. The number of methoxy groups -OCH3 is 1. The zero-order chi connectivity index (χ0) is 19.0. The first kappa shape index (κ1) is 19.6. The summed E-state index contributed by atoms with van der Waals surface area (Å²) in [6.07, 6.45) is -5.23. The molecule has 0 bridgehead atoms. The van der Waals surface area contributed by atoms with Crippen molar-refractivity contribution >= 4 is 18.6 Å². The fourth-order valence-electron chi connectivity index (χ4n) is 2.29. The lowest BCUT2D eigenvalue weighted by molar-refractivity contribution is -0.274. The molecule has 5 nitrogen and oxygen atoms in total. The lowest BCUT2D eigenvalue weighted by Gasteiger charge is -2.32. The van der Waals surface area contributed by atoms with Gasteiger partial charge < -0.3 is 18.8 Å². The highest BCUT2D eigenvalue weighted by Crippen LogP contribution is 2.37. The minimum absolute atomic E-state index is 0.0597. The van der Waals surface area contributed by atoms with Crippen molar-refractivity contribution in [2.75, 3.05) is 7.11 Å². The van der Waals surface area contributed by atoms with Gasteiger partial charge in [-0.3, -0.25) is 4.79 Å². The van der Waals surface area contributed by atoms with Crippen LogP contribution in [0.25, 0.3) is 0 Å². The summed E-state index contributed by atoms with van der Waals surface area (Å²) in [6, 6.07) is 4.09. The Labute approximate surface area is 144 Å². The molecule has 0 unspecified atom stereocenters. The van der Waals surface area contributed by atoms with Crippen LogP contribution < -0.4 is 10.2 Å². The summed E-state index contributed by atoms with van der Waals surface area (Å²) in [5, 5.41) is 0. The number of carbonyl (C=O) groups excluding carboxylic acids is 1. The average molecular weight is 360 g/mol. The predicted molar refractivity (Wildman–Crippen MR) is 84.6 cm³/mol. The molecular formula is C16H20BF3O5. The van der Waals surface area contributed by atoms with Crippen molar-refractivity contribution in [2.45, 2.75) is 51.7 Å². The second-order valence-electron chi connectivity index (χ2n) is 6.76. The fourth-order valence-corrected chi connectivity index (χ4v) is 2.29. The molecule has 1 aromatic carbocycles. The lowest BCUT2D eigenvalue weighted by atomic mass is 9.78. The molecule has 1 aromatic rings. The molecule has 1 heterocycles. The van der Waals surface area contributed by atoms with E-state index in [0.717, 1.165) is 7.11 Å². The van der Waals surface area contributed by atoms with Gasteiger partial charge in [-0.15, -0.1) is 13.2 Å². The number of halogens is 3. The van der Waals surface area contributed by atoms with Gasteiger partial charge in [-0.05, 0) is 39.2 Å². The van der Waals surface area contributed by atoms with Gasteiger partial charge in [0.2, 0.25) is 0 Å². The summed E-state index contributed by atoms with van der Waals surface area (Å²) >= 11 is 0. The van der Waals surface area contributed by atoms with E-state index in [1.807, 2.05) is 27.7 Å². The fraction of sp³-hybridized carbons (Fsp3) is 0.562. The van der Waals surface area contributed by atoms with Crippen molar-refractivity contribution in [1.82, 2.24) is 0 Å². The standard InChI is InChI=1S/C16H20BF3O5/c1-14(2)15(3,4)25-17(24-14)11-7-6-10(8-13(21)22-5)12(9-11)23-16(18,19)20/h6-7,9H,8H2,1-5H3. The highest BCUT2D eigenvalue weighted by molar-refractivity contribution is 6.62. The van der Waals surface area contributed by atoms with E-state index in [4.69, 9.17) is 9.31 Å². The lowest BCUT2D eigenvalue weighted by Crippen LogP contribution is -2.41. The molecule has 0 aliphatic carbocycles. The van der Waals surface area contributed by atoms with Crippen molar-refractivity contribution in [3.63, 3.8) is 0 Å². The van der Waals surface area contributed by atoms with Gasteiger partial charge in [-0.2, -0.15) is 0 Å². The first-order valence-corrected chi connectivity index (χ1v) is 7.66. The Hall–Kier alpha value is -1.74. The molecule has 1 fully saturated rings. The minimum Gasteiger partial charge on any atom is -0.469 e. The number of hydrogen-bond donors (Lipinski definition) is 0. The van der Waals surface area contributed by atoms with Gasteiger partial charge in [0.25, 0.3) is 0 Å². The molecule has 0 N–H and O–H groups in total. The van der Waals surface area contributed by atoms with E-state index < -0.39 is 36.4 Å². The molecule has 9 heteroatoms. The third-order valence-electron chi connectivity index (χ3n) is 4.40. The van der Waals surface area contributed by atoms with E-state index in [1.165, 1.54) is 12.1 Å². The monoisotopic (exact) mass is 360 g/mol. The molecule has 138 valence electrons. The van der Waals surface area contributed by atoms with Gasteiger partial charge in [-0.25, -0.2) is 0 Å². The average Bonchev–Trinajstić information content (AvgIpc) is 2.67. The summed E-state index contributed by atoms with van der Waals surface area (Å²) in [7, 11) is 0.318. The largest absolute Gasteiger partial charge is 0.573 e. The Morgan fingerprint density at radius 3 is 2.20 bits per heavy atom. The number of carbonyl (C=O) groups is 1. The van der Waals surface area contributed by atoms with Crippen molar-refractivity contribution < 1.29 is 36.7 Å². The molecule has 0 aromatic heterocycles. The summed E-state index contributed by atoms with van der Waals surface area (Å²) in [5.74, 6) is -1.15. The second kappa shape index (κ2) is 6.53. The highest BCUT2D eigenvalue weighted by Gasteiger charge is 2.51. The quantitative estimate of drug-likeness (QED) is 0.610. The first-order valence-electron chi connectivity index (χ1n) is 7.66. The summed E-state index contributed by atoms with van der Waals surface area (Å²) < 4.78 is 58.3. The number of hydrogen-bond acceptors (Lipinski definition) is 5. The molecule has 0 atom stereocenters. The first-order chi connectivity index (χ1) is 11.3. The zero-order valence-corrected chi connectivity index (χ0v) is 14.7. The Balaban J connectivity index is 2.35. The van der Waals surface area contributed by atoms with Gasteiger partial charge >= 0.3 is 19.5 Å². The van der Waals surface area contributed by atoms with Crippen LogP contribution in [0.3, 0.4) is 0 Å². The van der Waals surface area contributed by atoms with Gasteiger partial charge in [0.05, 0.1) is 24.7 Å². The van der Waals surface area contributed by atoms with Crippen LogP contribution in [0.5, 0.6) is 5.75 Å². The van der Waals surface area contributed by atoms with Crippen LogP contribution in [-0.2, 0) is 25.3 Å². The smallest absolute Gasteiger partial charge is 0.469 e. The van der Waals surface area contributed by atoms with Crippen LogP contribution in [0.15, 0.2) is 18.2 Å². The van der Waals surface area contributed by atoms with Crippen LogP contribution in [-0.4, -0.2) is 37.8 Å². The molecule has 0 radical (unpaired) electrons. The molecule has 1 aliphatic rings. The molecule has 1 aliphatic heterocycles. The molecule has 25 heavy (non-hydrogen) atoms. The van der Waals surface area contributed by atoms with Gasteiger partial charge in [-0.1, -0.05) is 12.1 Å². The minimum atomic E-state index is -4.89.